The molecule has 1 aliphatic rings. The largest absolute Gasteiger partial charge is 0.306 e. The van der Waals surface area contributed by atoms with Crippen LogP contribution in [0.2, 0.25) is 0 Å². The first-order chi connectivity index (χ1) is 12.0. The van der Waals surface area contributed by atoms with Crippen LogP contribution in [-0.4, -0.2) is 9.97 Å². The number of aryl methyl sites for hydroxylation is 1. The van der Waals surface area contributed by atoms with Gasteiger partial charge in [0.1, 0.15) is 10.7 Å². The highest BCUT2D eigenvalue weighted by Crippen LogP contribution is 2.35. The zero-order valence-corrected chi connectivity index (χ0v) is 14.4. The lowest BCUT2D eigenvalue weighted by atomic mass is 9.89. The van der Waals surface area contributed by atoms with E-state index in [1.165, 1.54) is 10.9 Å². The summed E-state index contributed by atoms with van der Waals surface area (Å²) in [6, 6.07) is 3.65. The SMILES string of the molecule is C[C@H]1CCc2c(sc3nc(/C=C/c4ccc(F)c(F)c4)[nH]c(=O)c23)C1. The molecule has 0 unspecified atom stereocenters. The Morgan fingerprint density at radius 2 is 2.12 bits per heavy atom. The summed E-state index contributed by atoms with van der Waals surface area (Å²) in [5.74, 6) is -0.746. The summed E-state index contributed by atoms with van der Waals surface area (Å²) in [6.07, 6.45) is 6.22. The molecule has 0 spiro atoms. The molecule has 25 heavy (non-hydrogen) atoms. The molecule has 0 amide bonds. The van der Waals surface area contributed by atoms with Gasteiger partial charge in [-0.25, -0.2) is 13.8 Å². The number of H-pyrrole nitrogens is 1. The molecule has 0 aliphatic heterocycles. The second kappa shape index (κ2) is 6.19. The number of fused-ring (bicyclic) bond motifs is 3. The van der Waals surface area contributed by atoms with E-state index in [0.29, 0.717) is 22.7 Å². The van der Waals surface area contributed by atoms with E-state index in [1.54, 1.807) is 23.5 Å². The fourth-order valence-electron chi connectivity index (χ4n) is 3.24. The molecule has 6 heteroatoms. The number of hydrogen-bond donors (Lipinski definition) is 1. The zero-order valence-electron chi connectivity index (χ0n) is 13.6. The Morgan fingerprint density at radius 3 is 2.92 bits per heavy atom. The Balaban J connectivity index is 1.72. The molecule has 128 valence electrons. The normalized spacial score (nSPS) is 17.3. The lowest BCUT2D eigenvalue weighted by Gasteiger charge is -2.17. The summed E-state index contributed by atoms with van der Waals surface area (Å²) in [5, 5.41) is 0.705. The van der Waals surface area contributed by atoms with E-state index in [1.807, 2.05) is 0 Å². The van der Waals surface area contributed by atoms with E-state index in [9.17, 15) is 13.6 Å². The van der Waals surface area contributed by atoms with Crippen LogP contribution in [0.3, 0.4) is 0 Å². The Kier molecular flexibility index (Phi) is 4.00. The van der Waals surface area contributed by atoms with E-state index in [2.05, 4.69) is 16.9 Å². The second-order valence-electron chi connectivity index (χ2n) is 6.49. The van der Waals surface area contributed by atoms with Crippen LogP contribution in [0.15, 0.2) is 23.0 Å². The minimum absolute atomic E-state index is 0.137. The molecular formula is C19H16F2N2OS. The third-order valence-corrected chi connectivity index (χ3v) is 5.71. The van der Waals surface area contributed by atoms with Gasteiger partial charge in [-0.2, -0.15) is 0 Å². The quantitative estimate of drug-likeness (QED) is 0.730. The van der Waals surface area contributed by atoms with Crippen molar-refractivity contribution in [2.45, 2.75) is 26.2 Å². The van der Waals surface area contributed by atoms with Gasteiger partial charge in [-0.1, -0.05) is 19.1 Å². The number of hydrogen-bond acceptors (Lipinski definition) is 3. The van der Waals surface area contributed by atoms with Crippen molar-refractivity contribution in [3.05, 3.63) is 62.0 Å². The van der Waals surface area contributed by atoms with Gasteiger partial charge in [-0.05, 0) is 54.5 Å². The van der Waals surface area contributed by atoms with Gasteiger partial charge >= 0.3 is 0 Å². The van der Waals surface area contributed by atoms with Crippen LogP contribution in [0.4, 0.5) is 8.78 Å². The fraction of sp³-hybridized carbons (Fsp3) is 0.263. The van der Waals surface area contributed by atoms with Gasteiger partial charge in [0.05, 0.1) is 5.39 Å². The summed E-state index contributed by atoms with van der Waals surface area (Å²) < 4.78 is 26.2. The lowest BCUT2D eigenvalue weighted by molar-refractivity contribution is 0.508. The minimum Gasteiger partial charge on any atom is -0.306 e. The van der Waals surface area contributed by atoms with E-state index in [-0.39, 0.29) is 5.56 Å². The van der Waals surface area contributed by atoms with Gasteiger partial charge in [0.15, 0.2) is 11.6 Å². The maximum absolute atomic E-state index is 13.3. The Morgan fingerprint density at radius 1 is 1.28 bits per heavy atom. The highest BCUT2D eigenvalue weighted by molar-refractivity contribution is 7.18. The number of nitrogens with zero attached hydrogens (tertiary/aromatic N) is 1. The van der Waals surface area contributed by atoms with Crippen LogP contribution in [0.25, 0.3) is 22.4 Å². The molecule has 1 aliphatic carbocycles. The number of aromatic amines is 1. The molecule has 3 nitrogen and oxygen atoms in total. The van der Waals surface area contributed by atoms with Crippen LogP contribution in [0.5, 0.6) is 0 Å². The van der Waals surface area contributed by atoms with Crippen molar-refractivity contribution in [1.29, 1.82) is 0 Å². The number of halogens is 2. The highest BCUT2D eigenvalue weighted by atomic mass is 32.1. The van der Waals surface area contributed by atoms with Gasteiger partial charge in [0.2, 0.25) is 0 Å². The van der Waals surface area contributed by atoms with Crippen LogP contribution in [0, 0.1) is 17.6 Å². The Hall–Kier alpha value is -2.34. The van der Waals surface area contributed by atoms with Crippen LogP contribution < -0.4 is 5.56 Å². The third kappa shape index (κ3) is 3.02. The Bertz CT molecular complexity index is 1050. The van der Waals surface area contributed by atoms with Gasteiger partial charge in [0, 0.05) is 4.88 Å². The van der Waals surface area contributed by atoms with Gasteiger partial charge in [-0.15, -0.1) is 11.3 Å². The van der Waals surface area contributed by atoms with Crippen molar-refractivity contribution in [3.8, 4) is 0 Å². The maximum Gasteiger partial charge on any atom is 0.260 e. The summed E-state index contributed by atoms with van der Waals surface area (Å²) in [5.41, 5.74) is 1.51. The monoisotopic (exact) mass is 358 g/mol. The van der Waals surface area contributed by atoms with Crippen molar-refractivity contribution >= 4 is 33.7 Å². The van der Waals surface area contributed by atoms with E-state index < -0.39 is 11.6 Å². The van der Waals surface area contributed by atoms with Crippen molar-refractivity contribution in [2.24, 2.45) is 5.92 Å². The molecule has 0 saturated carbocycles. The number of nitrogens with one attached hydrogen (secondary N) is 1. The molecule has 0 fully saturated rings. The molecule has 1 aromatic carbocycles. The van der Waals surface area contributed by atoms with Gasteiger partial charge in [-0.3, -0.25) is 4.79 Å². The van der Waals surface area contributed by atoms with Crippen molar-refractivity contribution in [1.82, 2.24) is 9.97 Å². The first kappa shape index (κ1) is 16.1. The number of rotatable bonds is 2. The maximum atomic E-state index is 13.3. The molecule has 0 radical (unpaired) electrons. The summed E-state index contributed by atoms with van der Waals surface area (Å²) >= 11 is 1.58. The lowest BCUT2D eigenvalue weighted by Crippen LogP contribution is -2.13. The zero-order chi connectivity index (χ0) is 17.6. The van der Waals surface area contributed by atoms with Crippen molar-refractivity contribution in [3.63, 3.8) is 0 Å². The van der Waals surface area contributed by atoms with Gasteiger partial charge in [0.25, 0.3) is 5.56 Å². The molecule has 3 aromatic rings. The first-order valence-corrected chi connectivity index (χ1v) is 9.00. The van der Waals surface area contributed by atoms with Crippen LogP contribution >= 0.6 is 11.3 Å². The molecule has 0 saturated heterocycles. The fourth-order valence-corrected chi connectivity index (χ4v) is 4.63. The Labute approximate surface area is 147 Å². The van der Waals surface area contributed by atoms with Crippen LogP contribution in [-0.2, 0) is 12.8 Å². The molecule has 2 heterocycles. The molecule has 4 rings (SSSR count). The van der Waals surface area contributed by atoms with E-state index in [0.717, 1.165) is 41.8 Å². The number of aromatic nitrogens is 2. The summed E-state index contributed by atoms with van der Waals surface area (Å²) in [6.45, 7) is 2.22. The van der Waals surface area contributed by atoms with Crippen molar-refractivity contribution in [2.75, 3.05) is 0 Å². The van der Waals surface area contributed by atoms with E-state index >= 15 is 0 Å². The summed E-state index contributed by atoms with van der Waals surface area (Å²) in [4.78, 5) is 21.8. The predicted octanol–water partition coefficient (Wildman–Crippen LogP) is 4.56. The second-order valence-corrected chi connectivity index (χ2v) is 7.57. The average Bonchev–Trinajstić information content (AvgIpc) is 2.93. The molecule has 1 atom stereocenters. The molecule has 2 aromatic heterocycles. The predicted molar refractivity (Wildman–Crippen MR) is 96.7 cm³/mol. The minimum atomic E-state index is -0.904. The van der Waals surface area contributed by atoms with Crippen LogP contribution in [0.1, 0.15) is 35.2 Å². The first-order valence-electron chi connectivity index (χ1n) is 8.19. The molecular weight excluding hydrogens is 342 g/mol. The van der Waals surface area contributed by atoms with Gasteiger partial charge < -0.3 is 4.98 Å². The number of benzene rings is 1. The highest BCUT2D eigenvalue weighted by Gasteiger charge is 2.22. The topological polar surface area (TPSA) is 45.8 Å². The van der Waals surface area contributed by atoms with E-state index in [4.69, 9.17) is 0 Å². The number of thiophene rings is 1. The smallest absolute Gasteiger partial charge is 0.260 e. The third-order valence-electron chi connectivity index (χ3n) is 4.56. The molecule has 1 N–H and O–H groups in total. The molecule has 0 bridgehead atoms. The summed E-state index contributed by atoms with van der Waals surface area (Å²) in [7, 11) is 0. The standard InChI is InChI=1S/C19H16F2N2OS/c1-10-2-5-12-15(8-10)25-19-17(12)18(24)22-16(23-19)7-4-11-3-6-13(20)14(21)9-11/h3-4,6-7,9-10H,2,5,8H2,1H3,(H,22,23,24)/b7-4+/t10-/m0/s1. The van der Waals surface area contributed by atoms with Crippen molar-refractivity contribution < 1.29 is 8.78 Å². The average molecular weight is 358 g/mol.